The highest BCUT2D eigenvalue weighted by Crippen LogP contribution is 2.28. The number of hydrogen-bond donors (Lipinski definition) is 2. The summed E-state index contributed by atoms with van der Waals surface area (Å²) in [7, 11) is -7.40. The van der Waals surface area contributed by atoms with Gasteiger partial charge in [0.15, 0.2) is 9.84 Å². The van der Waals surface area contributed by atoms with Gasteiger partial charge < -0.3 is 10.2 Å². The van der Waals surface area contributed by atoms with Crippen molar-refractivity contribution in [1.82, 2.24) is 4.31 Å². The van der Waals surface area contributed by atoms with Crippen LogP contribution in [0.1, 0.15) is 12.0 Å². The molecular weight excluding hydrogens is 378 g/mol. The number of aliphatic hydroxyl groups is 2. The molecule has 0 unspecified atom stereocenters. The third kappa shape index (κ3) is 4.27. The zero-order valence-electron chi connectivity index (χ0n) is 13.1. The Morgan fingerprint density at radius 2 is 2.08 bits per heavy atom. The van der Waals surface area contributed by atoms with Gasteiger partial charge in [-0.05, 0) is 31.0 Å². The van der Waals surface area contributed by atoms with Crippen molar-refractivity contribution < 1.29 is 27.0 Å². The quantitative estimate of drug-likeness (QED) is 0.708. The zero-order valence-corrected chi connectivity index (χ0v) is 15.5. The average molecular weight is 398 g/mol. The first-order chi connectivity index (χ1) is 11.1. The topological polar surface area (TPSA) is 112 Å². The maximum atomic E-state index is 13.0. The molecule has 24 heavy (non-hydrogen) atoms. The summed E-state index contributed by atoms with van der Waals surface area (Å²) in [5.74, 6) is -0.405. The summed E-state index contributed by atoms with van der Waals surface area (Å²) < 4.78 is 50.5. The first-order valence-corrected chi connectivity index (χ1v) is 11.0. The van der Waals surface area contributed by atoms with E-state index in [1.165, 1.54) is 6.07 Å². The van der Waals surface area contributed by atoms with Gasteiger partial charge in [-0.25, -0.2) is 16.8 Å². The van der Waals surface area contributed by atoms with Gasteiger partial charge in [0.05, 0.1) is 29.1 Å². The summed E-state index contributed by atoms with van der Waals surface area (Å²) in [6, 6.07) is 3.64. The molecule has 0 saturated carbocycles. The van der Waals surface area contributed by atoms with Crippen molar-refractivity contribution in [2.24, 2.45) is 0 Å². The van der Waals surface area contributed by atoms with Gasteiger partial charge in [-0.1, -0.05) is 17.7 Å². The molecule has 2 N–H and O–H groups in total. The number of aryl methyl sites for hydroxylation is 1. The number of rotatable bonds is 6. The van der Waals surface area contributed by atoms with E-state index in [2.05, 4.69) is 0 Å². The van der Waals surface area contributed by atoms with Crippen LogP contribution in [0.3, 0.4) is 0 Å². The normalized spacial score (nSPS) is 22.0. The van der Waals surface area contributed by atoms with Crippen LogP contribution in [0.4, 0.5) is 0 Å². The van der Waals surface area contributed by atoms with E-state index in [4.69, 9.17) is 16.7 Å². The molecule has 2 atom stereocenters. The summed E-state index contributed by atoms with van der Waals surface area (Å²) in [5.41, 5.74) is 0.462. The Labute approximate surface area is 146 Å². The Morgan fingerprint density at radius 3 is 2.62 bits per heavy atom. The van der Waals surface area contributed by atoms with Gasteiger partial charge in [-0.15, -0.1) is 0 Å². The Hall–Kier alpha value is -0.710. The van der Waals surface area contributed by atoms with Gasteiger partial charge >= 0.3 is 0 Å². The van der Waals surface area contributed by atoms with Gasteiger partial charge in [0.25, 0.3) is 0 Å². The summed E-state index contributed by atoms with van der Waals surface area (Å²) >= 11 is 5.90. The molecule has 0 amide bonds. The maximum absolute atomic E-state index is 13.0. The highest BCUT2D eigenvalue weighted by Gasteiger charge is 2.40. The van der Waals surface area contributed by atoms with E-state index in [1.54, 1.807) is 19.1 Å². The van der Waals surface area contributed by atoms with Crippen LogP contribution < -0.4 is 0 Å². The number of hydrogen-bond acceptors (Lipinski definition) is 6. The minimum atomic E-state index is -4.08. The first-order valence-electron chi connectivity index (χ1n) is 7.34. The molecule has 7 nitrogen and oxygen atoms in total. The Morgan fingerprint density at radius 1 is 1.42 bits per heavy atom. The van der Waals surface area contributed by atoms with Gasteiger partial charge in [-0.2, -0.15) is 4.31 Å². The largest absolute Gasteiger partial charge is 0.394 e. The van der Waals surface area contributed by atoms with Gasteiger partial charge in [0.1, 0.15) is 0 Å². The standard InChI is InChI=1S/C14H20ClNO6S2/c1-10-2-3-11(15)6-14(10)24(21,22)16(7-13(18)8-17)12-4-5-23(19,20)9-12/h2-3,6,12-13,17-18H,4-5,7-9H2,1H3/t12-,13+/m0/s1. The third-order valence-electron chi connectivity index (χ3n) is 3.95. The van der Waals surface area contributed by atoms with Crippen molar-refractivity contribution in [2.75, 3.05) is 24.7 Å². The number of sulfone groups is 1. The molecule has 1 fully saturated rings. The molecule has 1 aromatic rings. The molecule has 0 radical (unpaired) electrons. The van der Waals surface area contributed by atoms with Gasteiger partial charge in [0.2, 0.25) is 10.0 Å². The molecule has 2 rings (SSSR count). The average Bonchev–Trinajstić information content (AvgIpc) is 2.86. The van der Waals surface area contributed by atoms with Crippen LogP contribution >= 0.6 is 11.6 Å². The van der Waals surface area contributed by atoms with Crippen LogP contribution in [0.5, 0.6) is 0 Å². The van der Waals surface area contributed by atoms with E-state index in [9.17, 15) is 21.9 Å². The van der Waals surface area contributed by atoms with Crippen LogP contribution in [0.15, 0.2) is 23.1 Å². The molecule has 1 aliphatic rings. The van der Waals surface area contributed by atoms with E-state index in [1.807, 2.05) is 0 Å². The fourth-order valence-electron chi connectivity index (χ4n) is 2.69. The highest BCUT2D eigenvalue weighted by atomic mass is 35.5. The van der Waals surface area contributed by atoms with Gasteiger partial charge in [0, 0.05) is 17.6 Å². The smallest absolute Gasteiger partial charge is 0.243 e. The molecule has 0 aliphatic carbocycles. The number of benzene rings is 1. The summed E-state index contributed by atoms with van der Waals surface area (Å²) in [5, 5.41) is 19.0. The summed E-state index contributed by atoms with van der Waals surface area (Å²) in [6.45, 7) is 0.597. The van der Waals surface area contributed by atoms with Crippen molar-refractivity contribution in [1.29, 1.82) is 0 Å². The van der Waals surface area contributed by atoms with Crippen molar-refractivity contribution >= 4 is 31.5 Å². The number of sulfonamides is 1. The molecule has 1 aliphatic heterocycles. The number of aliphatic hydroxyl groups excluding tert-OH is 2. The fraction of sp³-hybridized carbons (Fsp3) is 0.571. The Balaban J connectivity index is 2.47. The van der Waals surface area contributed by atoms with Crippen LogP contribution in [0.25, 0.3) is 0 Å². The number of halogens is 1. The minimum absolute atomic E-state index is 0.0376. The van der Waals surface area contributed by atoms with Crippen molar-refractivity contribution in [3.8, 4) is 0 Å². The predicted molar refractivity (Wildman–Crippen MR) is 90.2 cm³/mol. The van der Waals surface area contributed by atoms with Crippen LogP contribution in [-0.4, -0.2) is 68.2 Å². The van der Waals surface area contributed by atoms with Gasteiger partial charge in [-0.3, -0.25) is 0 Å². The molecule has 0 aromatic heterocycles. The van der Waals surface area contributed by atoms with Crippen molar-refractivity contribution in [3.63, 3.8) is 0 Å². The Bertz CT molecular complexity index is 809. The molecule has 1 heterocycles. The molecular formula is C14H20ClNO6S2. The lowest BCUT2D eigenvalue weighted by Gasteiger charge is -2.29. The molecule has 1 aromatic carbocycles. The van der Waals surface area contributed by atoms with Crippen LogP contribution in [-0.2, 0) is 19.9 Å². The predicted octanol–water partition coefficient (Wildman–Crippen LogP) is 0.179. The van der Waals surface area contributed by atoms with Crippen LogP contribution in [0.2, 0.25) is 5.02 Å². The van der Waals surface area contributed by atoms with Crippen molar-refractivity contribution in [3.05, 3.63) is 28.8 Å². The summed E-state index contributed by atoms with van der Waals surface area (Å²) in [6.07, 6.45) is -1.15. The zero-order chi connectivity index (χ0) is 18.1. The Kier molecular flexibility index (Phi) is 5.94. The maximum Gasteiger partial charge on any atom is 0.243 e. The first kappa shape index (κ1) is 19.6. The lowest BCUT2D eigenvalue weighted by molar-refractivity contribution is 0.0730. The highest BCUT2D eigenvalue weighted by molar-refractivity contribution is 7.92. The lowest BCUT2D eigenvalue weighted by Crippen LogP contribution is -2.46. The van der Waals surface area contributed by atoms with E-state index < -0.39 is 38.6 Å². The minimum Gasteiger partial charge on any atom is -0.394 e. The monoisotopic (exact) mass is 397 g/mol. The van der Waals surface area contributed by atoms with E-state index in [0.717, 1.165) is 4.31 Å². The number of nitrogens with zero attached hydrogens (tertiary/aromatic N) is 1. The second-order valence-corrected chi connectivity index (χ2v) is 10.4. The van der Waals surface area contributed by atoms with E-state index in [-0.39, 0.29) is 34.4 Å². The molecule has 10 heteroatoms. The molecule has 1 saturated heterocycles. The summed E-state index contributed by atoms with van der Waals surface area (Å²) in [4.78, 5) is -0.0376. The SMILES string of the molecule is Cc1ccc(Cl)cc1S(=O)(=O)N(C[C@@H](O)CO)[C@H]1CCS(=O)(=O)C1. The molecule has 0 bridgehead atoms. The second kappa shape index (κ2) is 7.27. The molecule has 0 spiro atoms. The molecule has 136 valence electrons. The van der Waals surface area contributed by atoms with Crippen molar-refractivity contribution in [2.45, 2.75) is 30.4 Å². The van der Waals surface area contributed by atoms with Crippen LogP contribution in [0, 0.1) is 6.92 Å². The fourth-order valence-corrected chi connectivity index (χ4v) is 6.70. The lowest BCUT2D eigenvalue weighted by atomic mass is 10.2. The van der Waals surface area contributed by atoms with E-state index >= 15 is 0 Å². The third-order valence-corrected chi connectivity index (χ3v) is 8.00. The second-order valence-electron chi connectivity index (χ2n) is 5.88. The van der Waals surface area contributed by atoms with E-state index in [0.29, 0.717) is 5.56 Å².